The van der Waals surface area contributed by atoms with Gasteiger partial charge >= 0.3 is 0 Å². The maximum absolute atomic E-state index is 15.2. The van der Waals surface area contributed by atoms with Gasteiger partial charge in [0.1, 0.15) is 42.3 Å². The second-order valence-corrected chi connectivity index (χ2v) is 32.1. The van der Waals surface area contributed by atoms with Crippen molar-refractivity contribution in [3.05, 3.63) is 217 Å². The summed E-state index contributed by atoms with van der Waals surface area (Å²) in [5.74, 6) is -8.04. The first-order valence-corrected chi connectivity index (χ1v) is 43.1. The number of hydrogen-bond donors (Lipinski definition) is 24. The number of nitrogens with one attached hydrogen (secondary N) is 19. The van der Waals surface area contributed by atoms with Crippen LogP contribution in [0.4, 0.5) is 0 Å². The van der Waals surface area contributed by atoms with Gasteiger partial charge in [-0.3, -0.25) is 57.5 Å². The fraction of sp³-hybridized carbons (Fsp3) is 0.371. The highest BCUT2D eigenvalue weighted by atomic mass is 16.2. The van der Waals surface area contributed by atoms with Crippen molar-refractivity contribution in [2.45, 2.75) is 182 Å². The number of benzene rings is 4. The molecular weight excluding hydrogens is 1650 g/mol. The van der Waals surface area contributed by atoms with Gasteiger partial charge in [-0.15, -0.1) is 0 Å². The number of hydrogen-bond acceptors (Lipinski definition) is 20. The van der Waals surface area contributed by atoms with E-state index in [0.717, 1.165) is 54.7 Å². The molecule has 40 heteroatoms. The van der Waals surface area contributed by atoms with Crippen molar-refractivity contribution in [2.24, 2.45) is 28.7 Å². The first-order valence-electron chi connectivity index (χ1n) is 43.1. The smallest absolute Gasteiger partial charge is 0.243 e. The summed E-state index contributed by atoms with van der Waals surface area (Å²) in [6, 6.07) is 16.4. The Labute approximate surface area is 740 Å². The number of carbonyl (C=O) groups is 12. The number of nitrogens with zero attached hydrogens (tertiary/aromatic N) is 4. The average Bonchev–Trinajstić information content (AvgIpc) is 1.70. The quantitative estimate of drug-likeness (QED) is 0.0228. The molecule has 0 saturated carbocycles. The third-order valence-corrected chi connectivity index (χ3v) is 22.5. The number of amides is 12. The van der Waals surface area contributed by atoms with Gasteiger partial charge in [-0.1, -0.05) is 72.8 Å². The predicted octanol–water partition coefficient (Wildman–Crippen LogP) is 0.299. The fourth-order valence-corrected chi connectivity index (χ4v) is 15.4. The van der Waals surface area contributed by atoms with Crippen molar-refractivity contribution in [3.63, 3.8) is 0 Å². The molecule has 0 aliphatic heterocycles. The zero-order chi connectivity index (χ0) is 91.1. The van der Waals surface area contributed by atoms with E-state index >= 15 is 9.59 Å². The zero-order valence-electron chi connectivity index (χ0n) is 71.1. The minimum Gasteiger partial charge on any atom is -0.370 e. The second kappa shape index (κ2) is 46.5. The summed E-state index contributed by atoms with van der Waals surface area (Å²) >= 11 is 0. The number of nitrogens with two attached hydrogens (primary N) is 5. The molecule has 40 nitrogen and oxygen atoms in total. The molecule has 0 spiro atoms. The highest BCUT2D eigenvalue weighted by molar-refractivity contribution is 5.98. The molecule has 4 aromatic carbocycles. The summed E-state index contributed by atoms with van der Waals surface area (Å²) in [5.41, 5.74) is 39.5. The Kier molecular flexibility index (Phi) is 33.7. The first-order chi connectivity index (χ1) is 62.5. The summed E-state index contributed by atoms with van der Waals surface area (Å²) < 4.78 is 0. The average molecular weight is 1770 g/mol. The van der Waals surface area contributed by atoms with E-state index in [-0.39, 0.29) is 142 Å². The summed E-state index contributed by atoms with van der Waals surface area (Å²) in [5, 5.41) is 34.6. The maximum atomic E-state index is 15.2. The third kappa shape index (κ3) is 27.2. The van der Waals surface area contributed by atoms with Gasteiger partial charge < -0.3 is 127 Å². The minimum atomic E-state index is -1.44. The van der Waals surface area contributed by atoms with Gasteiger partial charge in [0.05, 0.1) is 49.5 Å². The normalized spacial score (nSPS) is 14.0. The molecule has 0 aliphatic carbocycles. The van der Waals surface area contributed by atoms with Crippen molar-refractivity contribution in [1.29, 1.82) is 0 Å². The molecule has 11 atom stereocenters. The number of fused-ring (bicyclic) bond motifs is 4. The molecule has 12 rings (SSSR count). The van der Waals surface area contributed by atoms with Crippen LogP contribution in [0.1, 0.15) is 109 Å². The summed E-state index contributed by atoms with van der Waals surface area (Å²) in [7, 11) is 0. The number of unbranched alkanes of at least 4 members (excludes halogenated alkanes) is 3. The largest absolute Gasteiger partial charge is 0.370 e. The van der Waals surface area contributed by atoms with Crippen LogP contribution in [0.25, 0.3) is 43.6 Å². The van der Waals surface area contributed by atoms with Crippen LogP contribution in [0.2, 0.25) is 0 Å². The van der Waals surface area contributed by atoms with Crippen molar-refractivity contribution in [3.8, 4) is 0 Å². The van der Waals surface area contributed by atoms with E-state index < -0.39 is 137 Å². The van der Waals surface area contributed by atoms with Crippen LogP contribution in [0, 0.1) is 0 Å². The van der Waals surface area contributed by atoms with Crippen molar-refractivity contribution < 1.29 is 57.5 Å². The van der Waals surface area contributed by atoms with Gasteiger partial charge in [0.2, 0.25) is 70.9 Å². The summed E-state index contributed by atoms with van der Waals surface area (Å²) in [4.78, 5) is 212. The lowest BCUT2D eigenvalue weighted by atomic mass is 10.0. The Morgan fingerprint density at radius 2 is 0.504 bits per heavy atom. The van der Waals surface area contributed by atoms with Gasteiger partial charge in [0, 0.05) is 200 Å². The number of para-hydroxylation sites is 4. The van der Waals surface area contributed by atoms with Gasteiger partial charge in [0.15, 0.2) is 0 Å². The molecule has 129 heavy (non-hydrogen) atoms. The topological polar surface area (TPSA) is 645 Å². The molecule has 0 radical (unpaired) electrons. The van der Waals surface area contributed by atoms with Crippen LogP contribution in [0.15, 0.2) is 172 Å². The molecule has 8 aromatic heterocycles. The molecule has 0 bridgehead atoms. The molecule has 680 valence electrons. The zero-order valence-corrected chi connectivity index (χ0v) is 71.1. The molecule has 0 fully saturated rings. The van der Waals surface area contributed by atoms with E-state index in [1.54, 1.807) is 37.2 Å². The minimum absolute atomic E-state index is 0.00339. The van der Waals surface area contributed by atoms with Crippen LogP contribution < -0.4 is 87.2 Å². The number of imidazole rings is 4. The Balaban J connectivity index is 0.750. The molecule has 0 saturated heterocycles. The number of aromatic nitrogens is 12. The monoisotopic (exact) mass is 1760 g/mol. The van der Waals surface area contributed by atoms with Crippen molar-refractivity contribution >= 4 is 114 Å². The lowest BCUT2D eigenvalue weighted by Gasteiger charge is -2.26. The molecule has 12 aromatic rings. The van der Waals surface area contributed by atoms with Crippen LogP contribution >= 0.6 is 0 Å². The SMILES string of the molecule is NC(=O)CCNC(=O)[C@H](CCCCNC(=O)[C@H](CCCCNC(=O)[C@H](Cc1c[nH]c2ccccc12)NC(=O)[C@@H](N)Cc1cnc[nH]1)NC(=O)[C@H](Cc1c[nH]c2ccccc12)NC(=O)[C@@H](N)Cc1cnc[nH]1)NC(=O)[C@H](CCCCNC(=O)[C@H](Cc1c[nH]c2ccccc12)NC(=O)[C@@H](N)Cc1cnc[nH]1)NC(=O)[C@H](Cc1c[nH]c2ccccc12)NC(=O)[C@@H](N)Cc1cnc[nH]1. The van der Waals surface area contributed by atoms with Gasteiger partial charge in [0.25, 0.3) is 0 Å². The number of H-pyrrole nitrogens is 8. The van der Waals surface area contributed by atoms with E-state index in [1.165, 1.54) is 37.7 Å². The first kappa shape index (κ1) is 93.5. The van der Waals surface area contributed by atoms with Crippen molar-refractivity contribution in [1.82, 2.24) is 118 Å². The van der Waals surface area contributed by atoms with E-state index in [2.05, 4.69) is 118 Å². The Hall–Kier alpha value is -14.6. The molecular formula is C89H112N28O12. The Morgan fingerprint density at radius 1 is 0.271 bits per heavy atom. The van der Waals surface area contributed by atoms with Crippen LogP contribution in [-0.4, -0.2) is 223 Å². The Bertz CT molecular complexity index is 5720. The van der Waals surface area contributed by atoms with Gasteiger partial charge in [-0.05, 0) is 104 Å². The summed E-state index contributed by atoms with van der Waals surface area (Å²) in [6.07, 6.45) is 19.9. The molecule has 0 unspecified atom stereocenters. The predicted molar refractivity (Wildman–Crippen MR) is 480 cm³/mol. The van der Waals surface area contributed by atoms with Crippen LogP contribution in [0.3, 0.4) is 0 Å². The number of rotatable bonds is 52. The number of primary amides is 1. The molecule has 8 heterocycles. The lowest BCUT2D eigenvalue weighted by Crippen LogP contribution is -2.58. The maximum Gasteiger partial charge on any atom is 0.243 e. The standard InChI is InChI=1S/C89H112N28O12/c90-63(35-55-43-95-47-107-55)79(119)114-74(31-51-39-103-67-19-5-1-15-59(51)67)85(125)100-28-13-10-23-71(112-88(128)76(33-53-41-105-69-21-7-3-17-61(53)69)116-81(121)65(92)37-57-45-97-49-109-57)83(123)99-27-12-9-24-72(84(124)102-30-26-78(94)118)111-87(127)73(113-89(129)77(34-54-42-106-70-22-8-4-18-62(54)70)117-82(122)66(93)38-58-46-98-50-110-58)25-11-14-29-101-86(126)75(32-52-40-104-68-20-6-2-16-60(52)68)115-80(120)64(91)36-56-44-96-48-108-56/h1-8,15-22,39-50,63-66,71-77,103-106H,9-14,23-38,90-93H2,(H2,94,118)(H,95,107)(H,96,108)(H,97,109)(H,98,110)(H,99,123)(H,100,125)(H,101,126)(H,102,124)(H,111,127)(H,112,128)(H,113,129)(H,114,119)(H,115,120)(H,116,121)(H,117,122)/t63-,64-,65-,66-,71-,72-,73-,74-,75-,76-,77-/m0/s1. The van der Waals surface area contributed by atoms with E-state index in [0.29, 0.717) is 33.9 Å². The van der Waals surface area contributed by atoms with E-state index in [9.17, 15) is 47.9 Å². The van der Waals surface area contributed by atoms with Gasteiger partial charge in [-0.25, -0.2) is 19.9 Å². The Morgan fingerprint density at radius 3 is 0.767 bits per heavy atom. The highest BCUT2D eigenvalue weighted by Crippen LogP contribution is 2.25. The van der Waals surface area contributed by atoms with E-state index in [1.807, 2.05) is 97.1 Å². The number of aromatic amines is 8. The lowest BCUT2D eigenvalue weighted by molar-refractivity contribution is -0.134. The molecule has 29 N–H and O–H groups in total. The van der Waals surface area contributed by atoms with Crippen molar-refractivity contribution in [2.75, 3.05) is 26.2 Å². The third-order valence-electron chi connectivity index (χ3n) is 22.5. The number of carbonyl (C=O) groups excluding carboxylic acids is 12. The second-order valence-electron chi connectivity index (χ2n) is 32.1. The van der Waals surface area contributed by atoms with E-state index in [4.69, 9.17) is 28.7 Å². The fourth-order valence-electron chi connectivity index (χ4n) is 15.4. The molecule has 0 aliphatic rings. The van der Waals surface area contributed by atoms with Crippen LogP contribution in [0.5, 0.6) is 0 Å². The molecule has 12 amide bonds. The summed E-state index contributed by atoms with van der Waals surface area (Å²) in [6.45, 7) is -0.202. The van der Waals surface area contributed by atoms with Gasteiger partial charge in [-0.2, -0.15) is 0 Å². The highest BCUT2D eigenvalue weighted by Gasteiger charge is 2.35. The van der Waals surface area contributed by atoms with Crippen LogP contribution in [-0.2, 0) is 109 Å².